The van der Waals surface area contributed by atoms with Crippen molar-refractivity contribution in [3.05, 3.63) is 81.9 Å². The molecule has 0 aliphatic rings. The van der Waals surface area contributed by atoms with Gasteiger partial charge in [0, 0.05) is 12.5 Å². The standard InChI is InChI=1S/C24H25NO7/c1-15-12-20(27)23(29)24(32-15)18(16-8-9-19(26)21(13-16)30-2)14-22(28)25-10-11-31-17-6-4-3-5-7-17/h3-9,12-13,18,26,29H,10-11,14H2,1-2H3,(H,25,28). The van der Waals surface area contributed by atoms with Crippen molar-refractivity contribution in [2.75, 3.05) is 20.3 Å². The van der Waals surface area contributed by atoms with Crippen molar-refractivity contribution in [1.29, 1.82) is 0 Å². The summed E-state index contributed by atoms with van der Waals surface area (Å²) in [7, 11) is 1.40. The van der Waals surface area contributed by atoms with Gasteiger partial charge in [0.05, 0.1) is 19.6 Å². The Morgan fingerprint density at radius 1 is 1.12 bits per heavy atom. The van der Waals surface area contributed by atoms with Gasteiger partial charge in [-0.3, -0.25) is 9.59 Å². The molecular weight excluding hydrogens is 414 g/mol. The first-order valence-corrected chi connectivity index (χ1v) is 10.0. The van der Waals surface area contributed by atoms with Gasteiger partial charge >= 0.3 is 0 Å². The number of nitrogens with one attached hydrogen (secondary N) is 1. The average Bonchev–Trinajstić information content (AvgIpc) is 2.79. The van der Waals surface area contributed by atoms with E-state index in [2.05, 4.69) is 5.32 Å². The lowest BCUT2D eigenvalue weighted by Gasteiger charge is -2.19. The zero-order valence-electron chi connectivity index (χ0n) is 17.8. The van der Waals surface area contributed by atoms with E-state index in [9.17, 15) is 19.8 Å². The highest BCUT2D eigenvalue weighted by Gasteiger charge is 2.26. The van der Waals surface area contributed by atoms with E-state index in [0.717, 1.165) is 0 Å². The van der Waals surface area contributed by atoms with Crippen LogP contribution in [0.5, 0.6) is 23.0 Å². The Bertz CT molecular complexity index is 1120. The molecule has 168 valence electrons. The summed E-state index contributed by atoms with van der Waals surface area (Å²) in [6.45, 7) is 2.13. The number of phenolic OH excluding ortho intramolecular Hbond substituents is 1. The van der Waals surface area contributed by atoms with Crippen LogP contribution in [-0.4, -0.2) is 36.4 Å². The summed E-state index contributed by atoms with van der Waals surface area (Å²) >= 11 is 0. The van der Waals surface area contributed by atoms with Gasteiger partial charge < -0.3 is 29.4 Å². The highest BCUT2D eigenvalue weighted by Crippen LogP contribution is 2.37. The Labute approximate surface area is 185 Å². The van der Waals surface area contributed by atoms with Gasteiger partial charge in [0.15, 0.2) is 17.3 Å². The number of aryl methyl sites for hydroxylation is 1. The predicted molar refractivity (Wildman–Crippen MR) is 117 cm³/mol. The number of aromatic hydroxyl groups is 2. The molecule has 0 saturated heterocycles. The molecule has 2 aromatic carbocycles. The zero-order valence-corrected chi connectivity index (χ0v) is 17.8. The molecule has 1 amide bonds. The molecule has 0 saturated carbocycles. The number of ether oxygens (including phenoxy) is 2. The van der Waals surface area contributed by atoms with E-state index in [0.29, 0.717) is 17.1 Å². The molecule has 1 aromatic heterocycles. The van der Waals surface area contributed by atoms with Gasteiger partial charge in [0.25, 0.3) is 0 Å². The fraction of sp³-hybridized carbons (Fsp3) is 0.250. The first-order valence-electron chi connectivity index (χ1n) is 10.0. The number of phenols is 1. The highest BCUT2D eigenvalue weighted by atomic mass is 16.5. The monoisotopic (exact) mass is 439 g/mol. The fourth-order valence-corrected chi connectivity index (χ4v) is 3.27. The van der Waals surface area contributed by atoms with Crippen LogP contribution < -0.4 is 20.2 Å². The first-order chi connectivity index (χ1) is 15.4. The minimum atomic E-state index is -0.785. The third-order valence-corrected chi connectivity index (χ3v) is 4.82. The van der Waals surface area contributed by atoms with Crippen molar-refractivity contribution in [1.82, 2.24) is 5.32 Å². The lowest BCUT2D eigenvalue weighted by molar-refractivity contribution is -0.121. The summed E-state index contributed by atoms with van der Waals surface area (Å²) in [5, 5.41) is 23.0. The predicted octanol–water partition coefficient (Wildman–Crippen LogP) is 3.09. The summed E-state index contributed by atoms with van der Waals surface area (Å²) in [6.07, 6.45) is -0.112. The summed E-state index contributed by atoms with van der Waals surface area (Å²) in [6, 6.07) is 14.9. The van der Waals surface area contributed by atoms with Crippen LogP contribution in [0.15, 0.2) is 63.8 Å². The Morgan fingerprint density at radius 3 is 2.59 bits per heavy atom. The number of para-hydroxylation sites is 1. The molecule has 3 aromatic rings. The molecule has 3 N–H and O–H groups in total. The normalized spacial score (nSPS) is 11.6. The largest absolute Gasteiger partial charge is 0.504 e. The molecule has 0 fully saturated rings. The van der Waals surface area contributed by atoms with Crippen LogP contribution in [0.3, 0.4) is 0 Å². The lowest BCUT2D eigenvalue weighted by Crippen LogP contribution is -2.29. The third kappa shape index (κ3) is 5.60. The minimum Gasteiger partial charge on any atom is -0.504 e. The Kier molecular flexibility index (Phi) is 7.38. The number of amides is 1. The van der Waals surface area contributed by atoms with Gasteiger partial charge in [0.1, 0.15) is 18.1 Å². The second-order valence-corrected chi connectivity index (χ2v) is 7.13. The molecule has 0 bridgehead atoms. The molecule has 1 atom stereocenters. The Balaban J connectivity index is 1.78. The number of rotatable bonds is 9. The van der Waals surface area contributed by atoms with Crippen molar-refractivity contribution in [2.45, 2.75) is 19.3 Å². The molecule has 1 unspecified atom stereocenters. The maximum absolute atomic E-state index is 12.7. The minimum absolute atomic E-state index is 0.0292. The molecule has 0 spiro atoms. The maximum Gasteiger partial charge on any atom is 0.227 e. The zero-order chi connectivity index (χ0) is 23.1. The summed E-state index contributed by atoms with van der Waals surface area (Å²) in [4.78, 5) is 24.8. The van der Waals surface area contributed by atoms with Gasteiger partial charge in [0.2, 0.25) is 17.1 Å². The van der Waals surface area contributed by atoms with Gasteiger partial charge in [-0.15, -0.1) is 0 Å². The van der Waals surface area contributed by atoms with E-state index >= 15 is 0 Å². The topological polar surface area (TPSA) is 118 Å². The van der Waals surface area contributed by atoms with E-state index in [1.54, 1.807) is 13.0 Å². The van der Waals surface area contributed by atoms with E-state index in [4.69, 9.17) is 13.9 Å². The van der Waals surface area contributed by atoms with Gasteiger partial charge in [-0.05, 0) is 36.8 Å². The highest BCUT2D eigenvalue weighted by molar-refractivity contribution is 5.77. The van der Waals surface area contributed by atoms with Gasteiger partial charge in [-0.25, -0.2) is 0 Å². The van der Waals surface area contributed by atoms with Crippen molar-refractivity contribution in [3.8, 4) is 23.0 Å². The third-order valence-electron chi connectivity index (χ3n) is 4.82. The van der Waals surface area contributed by atoms with Crippen LogP contribution >= 0.6 is 0 Å². The van der Waals surface area contributed by atoms with Crippen molar-refractivity contribution < 1.29 is 28.9 Å². The van der Waals surface area contributed by atoms with E-state index < -0.39 is 17.1 Å². The molecule has 8 heteroatoms. The second-order valence-electron chi connectivity index (χ2n) is 7.13. The number of methoxy groups -OCH3 is 1. The molecule has 0 aliphatic carbocycles. The molecule has 0 aliphatic heterocycles. The first kappa shape index (κ1) is 22.7. The quantitative estimate of drug-likeness (QED) is 0.439. The van der Waals surface area contributed by atoms with Crippen LogP contribution in [0.4, 0.5) is 0 Å². The van der Waals surface area contributed by atoms with Gasteiger partial charge in [-0.1, -0.05) is 24.3 Å². The van der Waals surface area contributed by atoms with Crippen molar-refractivity contribution >= 4 is 5.91 Å². The van der Waals surface area contributed by atoms with E-state index in [-0.39, 0.29) is 42.7 Å². The maximum atomic E-state index is 12.7. The Morgan fingerprint density at radius 2 is 1.88 bits per heavy atom. The molecular formula is C24H25NO7. The SMILES string of the molecule is COc1cc(C(CC(=O)NCCOc2ccccc2)c2oc(C)cc(=O)c2O)ccc1O. The molecule has 32 heavy (non-hydrogen) atoms. The van der Waals surface area contributed by atoms with Crippen LogP contribution in [0, 0.1) is 6.92 Å². The number of hydrogen-bond acceptors (Lipinski definition) is 7. The molecule has 0 radical (unpaired) electrons. The van der Waals surface area contributed by atoms with Gasteiger partial charge in [-0.2, -0.15) is 0 Å². The van der Waals surface area contributed by atoms with E-state index in [1.807, 2.05) is 30.3 Å². The summed E-state index contributed by atoms with van der Waals surface area (Å²) in [5.41, 5.74) is -0.0736. The lowest BCUT2D eigenvalue weighted by atomic mass is 9.91. The summed E-state index contributed by atoms with van der Waals surface area (Å²) in [5.74, 6) is -0.593. The number of hydrogen-bond donors (Lipinski definition) is 3. The van der Waals surface area contributed by atoms with Crippen molar-refractivity contribution in [3.63, 3.8) is 0 Å². The summed E-state index contributed by atoms with van der Waals surface area (Å²) < 4.78 is 16.4. The van der Waals surface area contributed by atoms with E-state index in [1.165, 1.54) is 25.3 Å². The number of benzene rings is 2. The van der Waals surface area contributed by atoms with Crippen LogP contribution in [0.25, 0.3) is 0 Å². The molecule has 1 heterocycles. The Hall–Kier alpha value is -3.94. The number of carbonyl (C=O) groups is 1. The number of carbonyl (C=O) groups excluding carboxylic acids is 1. The van der Waals surface area contributed by atoms with Crippen LogP contribution in [-0.2, 0) is 4.79 Å². The second kappa shape index (κ2) is 10.4. The van der Waals surface area contributed by atoms with Crippen LogP contribution in [0.2, 0.25) is 0 Å². The smallest absolute Gasteiger partial charge is 0.227 e. The van der Waals surface area contributed by atoms with Crippen LogP contribution in [0.1, 0.15) is 29.4 Å². The molecule has 3 rings (SSSR count). The molecule has 8 nitrogen and oxygen atoms in total. The average molecular weight is 439 g/mol. The van der Waals surface area contributed by atoms with Crippen molar-refractivity contribution in [2.24, 2.45) is 0 Å². The fourth-order valence-electron chi connectivity index (χ4n) is 3.27.